The van der Waals surface area contributed by atoms with Crippen molar-refractivity contribution in [3.63, 3.8) is 0 Å². The molecule has 1 fully saturated rings. The summed E-state index contributed by atoms with van der Waals surface area (Å²) in [6.07, 6.45) is 0. The number of rotatable bonds is 0. The molecule has 7 heavy (non-hydrogen) atoms. The van der Waals surface area contributed by atoms with Gasteiger partial charge in [0.25, 0.3) is 0 Å². The fraction of sp³-hybridized carbons (Fsp3) is 1.00. The van der Waals surface area contributed by atoms with Gasteiger partial charge in [-0.15, -0.1) is 0 Å². The fourth-order valence-electron chi connectivity index (χ4n) is 0.0373. The Morgan fingerprint density at radius 2 is 1.57 bits per heavy atom. The van der Waals surface area contributed by atoms with E-state index in [0.29, 0.717) is 12.0 Å². The first-order valence-electron chi connectivity index (χ1n) is 1.02. The van der Waals surface area contributed by atoms with E-state index in [2.05, 4.69) is 4.18 Å². The molecule has 1 rings (SSSR count). The van der Waals surface area contributed by atoms with Gasteiger partial charge in [-0.3, -0.25) is 0 Å². The van der Waals surface area contributed by atoms with Crippen LogP contribution in [0.15, 0.2) is 0 Å². The molecule has 1 aliphatic heterocycles. The Kier molecular flexibility index (Phi) is 4.55. The number of hydrogen-bond acceptors (Lipinski definition) is 5. The Balaban J connectivity index is 0. The molecule has 0 unspecified atom stereocenters. The van der Waals surface area contributed by atoms with Crippen molar-refractivity contribution in [2.45, 2.75) is 5.31 Å². The summed E-state index contributed by atoms with van der Waals surface area (Å²) >= 11 is 0.637. The van der Waals surface area contributed by atoms with Crippen LogP contribution in [0.1, 0.15) is 0 Å². The molecule has 40 valence electrons. The average Bonchev–Trinajstić information content (AvgIpc) is 1.76. The van der Waals surface area contributed by atoms with Crippen molar-refractivity contribution >= 4 is 12.0 Å². The SMILES string of the molecule is N.OC1(O)OS1.[Zn]. The van der Waals surface area contributed by atoms with Crippen molar-refractivity contribution in [3.05, 3.63) is 0 Å². The monoisotopic (exact) mass is 175 g/mol. The van der Waals surface area contributed by atoms with Crippen LogP contribution in [0.25, 0.3) is 0 Å². The van der Waals surface area contributed by atoms with Gasteiger partial charge in [-0.1, -0.05) is 0 Å². The summed E-state index contributed by atoms with van der Waals surface area (Å²) in [4.78, 5) is 0. The second-order valence-corrected chi connectivity index (χ2v) is 1.58. The van der Waals surface area contributed by atoms with E-state index in [-0.39, 0.29) is 25.6 Å². The molecule has 1 heterocycles. The molecule has 0 amide bonds. The predicted octanol–water partition coefficient (Wildman–Crippen LogP) is -0.580. The summed E-state index contributed by atoms with van der Waals surface area (Å²) in [5, 5.41) is 14.0. The van der Waals surface area contributed by atoms with Gasteiger partial charge in [-0.2, -0.15) is 0 Å². The zero-order valence-corrected chi connectivity index (χ0v) is 7.41. The second kappa shape index (κ2) is 2.96. The smallest absolute Gasteiger partial charge is 0.344 e. The number of aliphatic hydroxyl groups is 2. The van der Waals surface area contributed by atoms with Crippen molar-refractivity contribution in [2.24, 2.45) is 0 Å². The van der Waals surface area contributed by atoms with Crippen LogP contribution in [-0.2, 0) is 23.7 Å². The predicted molar refractivity (Wildman–Crippen MR) is 20.9 cm³/mol. The summed E-state index contributed by atoms with van der Waals surface area (Å²) in [5.41, 5.74) is 0. The molecule has 5 N–H and O–H groups in total. The largest absolute Gasteiger partial charge is 0.369 e. The molecule has 1 saturated heterocycles. The third-order valence-electron chi connectivity index (χ3n) is 0.232. The molecule has 6 heteroatoms. The van der Waals surface area contributed by atoms with Gasteiger partial charge in [0.05, 0.1) is 12.0 Å². The van der Waals surface area contributed by atoms with Gasteiger partial charge >= 0.3 is 5.31 Å². The van der Waals surface area contributed by atoms with Crippen molar-refractivity contribution < 1.29 is 33.9 Å². The van der Waals surface area contributed by atoms with E-state index in [1.54, 1.807) is 0 Å². The normalized spacial score (nSPS) is 21.4. The maximum absolute atomic E-state index is 7.93. The zero-order valence-electron chi connectivity index (χ0n) is 3.63. The molecule has 0 aromatic carbocycles. The van der Waals surface area contributed by atoms with Gasteiger partial charge < -0.3 is 16.4 Å². The Bertz CT molecular complexity index is 52.9. The summed E-state index contributed by atoms with van der Waals surface area (Å²) in [5.74, 6) is 0. The van der Waals surface area contributed by atoms with Crippen molar-refractivity contribution in [2.75, 3.05) is 0 Å². The van der Waals surface area contributed by atoms with Crippen molar-refractivity contribution in [3.8, 4) is 0 Å². The first-order chi connectivity index (χ1) is 2.21. The van der Waals surface area contributed by atoms with Gasteiger partial charge in [-0.25, -0.2) is 4.18 Å². The first kappa shape index (κ1) is 10.7. The molecule has 0 saturated carbocycles. The van der Waals surface area contributed by atoms with Gasteiger partial charge in [0.15, 0.2) is 0 Å². The maximum Gasteiger partial charge on any atom is 0.369 e. The molecule has 0 aromatic heterocycles. The summed E-state index contributed by atoms with van der Waals surface area (Å²) in [6, 6.07) is 0. The minimum absolute atomic E-state index is 0. The van der Waals surface area contributed by atoms with E-state index in [1.807, 2.05) is 0 Å². The Hall–Kier alpha value is 0.813. The maximum atomic E-state index is 7.93. The molecule has 0 aliphatic carbocycles. The van der Waals surface area contributed by atoms with Gasteiger partial charge in [0.2, 0.25) is 0 Å². The van der Waals surface area contributed by atoms with Crippen LogP contribution in [0.3, 0.4) is 0 Å². The molecular formula is CH5NO3SZn. The van der Waals surface area contributed by atoms with Crippen molar-refractivity contribution in [1.82, 2.24) is 6.15 Å². The van der Waals surface area contributed by atoms with E-state index in [0.717, 1.165) is 0 Å². The molecular weight excluding hydrogens is 171 g/mol. The van der Waals surface area contributed by atoms with Gasteiger partial charge in [0, 0.05) is 19.5 Å². The van der Waals surface area contributed by atoms with Crippen LogP contribution in [-0.4, -0.2) is 15.5 Å². The molecule has 0 atom stereocenters. The standard InChI is InChI=1S/CH2O3S.H3N.Zn/c2-1(3)4-5-1;;/h2-3H;1H3;. The van der Waals surface area contributed by atoms with Crippen LogP contribution in [0, 0.1) is 0 Å². The van der Waals surface area contributed by atoms with Gasteiger partial charge in [0.1, 0.15) is 0 Å². The fourth-order valence-corrected chi connectivity index (χ4v) is 0.112. The molecule has 0 spiro atoms. The van der Waals surface area contributed by atoms with Crippen molar-refractivity contribution in [1.29, 1.82) is 0 Å². The third kappa shape index (κ3) is 4.67. The Morgan fingerprint density at radius 3 is 1.57 bits per heavy atom. The molecule has 4 nitrogen and oxygen atoms in total. The number of hydrogen-bond donors (Lipinski definition) is 3. The molecule has 0 bridgehead atoms. The van der Waals surface area contributed by atoms with Crippen LogP contribution in [0.2, 0.25) is 0 Å². The van der Waals surface area contributed by atoms with E-state index in [4.69, 9.17) is 10.2 Å². The van der Waals surface area contributed by atoms with E-state index < -0.39 is 5.31 Å². The van der Waals surface area contributed by atoms with Crippen LogP contribution < -0.4 is 6.15 Å². The molecule has 0 radical (unpaired) electrons. The summed E-state index contributed by atoms with van der Waals surface area (Å²) < 4.78 is 3.92. The summed E-state index contributed by atoms with van der Waals surface area (Å²) in [6.45, 7) is 0. The minimum atomic E-state index is -1.83. The van der Waals surface area contributed by atoms with Gasteiger partial charge in [-0.05, 0) is 0 Å². The van der Waals surface area contributed by atoms with E-state index in [1.165, 1.54) is 0 Å². The topological polar surface area (TPSA) is 88.0 Å². The Labute approximate surface area is 57.8 Å². The molecule has 1 aliphatic rings. The molecule has 0 aromatic rings. The summed E-state index contributed by atoms with van der Waals surface area (Å²) in [7, 11) is 0. The minimum Gasteiger partial charge on any atom is -0.344 e. The van der Waals surface area contributed by atoms with Crippen LogP contribution >= 0.6 is 12.0 Å². The van der Waals surface area contributed by atoms with Crippen LogP contribution in [0.4, 0.5) is 0 Å². The first-order valence-corrected chi connectivity index (χ1v) is 1.76. The third-order valence-corrected chi connectivity index (χ3v) is 0.697. The quantitative estimate of drug-likeness (QED) is 0.199. The van der Waals surface area contributed by atoms with E-state index in [9.17, 15) is 0 Å². The Morgan fingerprint density at radius 1 is 1.43 bits per heavy atom. The zero-order chi connectivity index (χ0) is 3.91. The van der Waals surface area contributed by atoms with E-state index >= 15 is 0 Å². The van der Waals surface area contributed by atoms with Crippen LogP contribution in [0.5, 0.6) is 0 Å². The second-order valence-electron chi connectivity index (χ2n) is 0.715. The average molecular weight is 177 g/mol.